The topological polar surface area (TPSA) is 63.6 Å². The van der Waals surface area contributed by atoms with Crippen molar-refractivity contribution in [3.05, 3.63) is 12.2 Å². The Morgan fingerprint density at radius 2 is 2.25 bits per heavy atom. The average Bonchev–Trinajstić information content (AvgIpc) is 1.97. The summed E-state index contributed by atoms with van der Waals surface area (Å²) >= 11 is -2.22. The molecule has 0 amide bonds. The number of hydrogen-bond donors (Lipinski definition) is 1. The number of carbonyl (C=O) groups is 1. The maximum atomic E-state index is 10.9. The highest BCUT2D eigenvalue weighted by molar-refractivity contribution is 7.74. The third kappa shape index (κ3) is 6.21. The summed E-state index contributed by atoms with van der Waals surface area (Å²) in [6, 6.07) is 0. The maximum absolute atomic E-state index is 10.9. The van der Waals surface area contributed by atoms with Crippen LogP contribution in [0.5, 0.6) is 0 Å². The van der Waals surface area contributed by atoms with Crippen molar-refractivity contribution in [2.45, 2.75) is 19.8 Å². The molecule has 0 spiro atoms. The Labute approximate surface area is 74.1 Å². The minimum Gasteiger partial charge on any atom is -0.295 e. The van der Waals surface area contributed by atoms with Gasteiger partial charge in [0.2, 0.25) is 0 Å². The Bertz CT molecular complexity index is 200. The minimum absolute atomic E-state index is 0.0395. The molecule has 1 N–H and O–H groups in total. The third-order valence-corrected chi connectivity index (χ3v) is 1.58. The minimum atomic E-state index is -2.22. The van der Waals surface area contributed by atoms with Crippen LogP contribution >= 0.6 is 0 Å². The summed E-state index contributed by atoms with van der Waals surface area (Å²) in [4.78, 5) is 10.9. The van der Waals surface area contributed by atoms with E-state index in [0.717, 1.165) is 0 Å². The van der Waals surface area contributed by atoms with Crippen LogP contribution in [-0.4, -0.2) is 21.2 Å². The normalized spacial score (nSPS) is 12.5. The van der Waals surface area contributed by atoms with E-state index in [1.807, 2.05) is 0 Å². The van der Waals surface area contributed by atoms with Crippen molar-refractivity contribution < 1.29 is 17.7 Å². The van der Waals surface area contributed by atoms with E-state index in [4.69, 9.17) is 4.55 Å². The molecule has 70 valence electrons. The molecule has 5 heteroatoms. The highest BCUT2D eigenvalue weighted by atomic mass is 32.2. The quantitative estimate of drug-likeness (QED) is 0.388. The molecular formula is C7H12O4S. The molecule has 0 heterocycles. The lowest BCUT2D eigenvalue weighted by atomic mass is 10.1. The number of carbonyl (C=O) groups excluding carboxylic acids is 1. The molecule has 0 saturated carbocycles. The standard InChI is InChI=1S/C7H12O4S/c1-6(2)7(8)4-3-5-11-12(9)10/h1,3-5H2,2H3,(H,9,10). The van der Waals surface area contributed by atoms with Gasteiger partial charge in [0.1, 0.15) is 0 Å². The molecule has 0 rings (SSSR count). The lowest BCUT2D eigenvalue weighted by Crippen LogP contribution is -2.03. The van der Waals surface area contributed by atoms with Crippen LogP contribution in [0.15, 0.2) is 12.2 Å². The van der Waals surface area contributed by atoms with Crippen LogP contribution in [0.1, 0.15) is 19.8 Å². The Balaban J connectivity index is 3.38. The molecule has 12 heavy (non-hydrogen) atoms. The third-order valence-electron chi connectivity index (χ3n) is 1.21. The number of hydrogen-bond acceptors (Lipinski definition) is 3. The molecule has 0 saturated heterocycles. The molecule has 0 radical (unpaired) electrons. The number of allylic oxidation sites excluding steroid dienone is 1. The molecule has 0 aliphatic heterocycles. The summed E-state index contributed by atoms with van der Waals surface area (Å²) in [7, 11) is 0. The first kappa shape index (κ1) is 11.5. The van der Waals surface area contributed by atoms with Gasteiger partial charge in [0.15, 0.2) is 5.78 Å². The van der Waals surface area contributed by atoms with Gasteiger partial charge in [0.25, 0.3) is 0 Å². The van der Waals surface area contributed by atoms with Gasteiger partial charge in [-0.1, -0.05) is 6.58 Å². The highest BCUT2D eigenvalue weighted by Gasteiger charge is 2.02. The smallest absolute Gasteiger partial charge is 0.295 e. The molecule has 0 aromatic rings. The van der Waals surface area contributed by atoms with Crippen LogP contribution in [0.4, 0.5) is 0 Å². The summed E-state index contributed by atoms with van der Waals surface area (Å²) in [6.45, 7) is 5.21. The molecule has 1 atom stereocenters. The van der Waals surface area contributed by atoms with Gasteiger partial charge in [0, 0.05) is 6.42 Å². The van der Waals surface area contributed by atoms with Gasteiger partial charge in [-0.25, -0.2) is 0 Å². The molecule has 0 fully saturated rings. The van der Waals surface area contributed by atoms with E-state index in [1.165, 1.54) is 0 Å². The zero-order valence-electron chi connectivity index (χ0n) is 6.91. The van der Waals surface area contributed by atoms with Crippen LogP contribution in [0.25, 0.3) is 0 Å². The van der Waals surface area contributed by atoms with Gasteiger partial charge in [0.05, 0.1) is 6.61 Å². The summed E-state index contributed by atoms with van der Waals surface area (Å²) in [5.41, 5.74) is 0.500. The Morgan fingerprint density at radius 3 is 2.67 bits per heavy atom. The van der Waals surface area contributed by atoms with E-state index < -0.39 is 11.4 Å². The van der Waals surface area contributed by atoms with E-state index in [9.17, 15) is 9.00 Å². The Kier molecular flexibility index (Phi) is 5.79. The van der Waals surface area contributed by atoms with Crippen LogP contribution < -0.4 is 0 Å². The first-order valence-corrected chi connectivity index (χ1v) is 4.50. The van der Waals surface area contributed by atoms with Gasteiger partial charge >= 0.3 is 11.4 Å². The fourth-order valence-corrected chi connectivity index (χ4v) is 0.837. The highest BCUT2D eigenvalue weighted by Crippen LogP contribution is 1.99. The van der Waals surface area contributed by atoms with Gasteiger partial charge in [-0.15, -0.1) is 0 Å². The predicted octanol–water partition coefficient (Wildman–Crippen LogP) is 1.07. The van der Waals surface area contributed by atoms with Gasteiger partial charge < -0.3 is 0 Å². The maximum Gasteiger partial charge on any atom is 0.301 e. The first-order chi connectivity index (χ1) is 5.54. The molecule has 0 aromatic carbocycles. The van der Waals surface area contributed by atoms with Crippen molar-refractivity contribution >= 4 is 17.1 Å². The second kappa shape index (κ2) is 6.05. The summed E-state index contributed by atoms with van der Waals surface area (Å²) in [6.07, 6.45) is 0.754. The first-order valence-electron chi connectivity index (χ1n) is 3.47. The molecular weight excluding hydrogens is 180 g/mol. The van der Waals surface area contributed by atoms with E-state index in [-0.39, 0.29) is 12.4 Å². The molecule has 0 aromatic heterocycles. The second-order valence-corrected chi connectivity index (χ2v) is 3.02. The lowest BCUT2D eigenvalue weighted by molar-refractivity contribution is -0.115. The monoisotopic (exact) mass is 192 g/mol. The van der Waals surface area contributed by atoms with Crippen LogP contribution in [-0.2, 0) is 20.3 Å². The van der Waals surface area contributed by atoms with Crippen LogP contribution in [0.2, 0.25) is 0 Å². The molecule has 1 unspecified atom stereocenters. The zero-order valence-corrected chi connectivity index (χ0v) is 7.73. The lowest BCUT2D eigenvalue weighted by Gasteiger charge is -1.98. The fourth-order valence-electron chi connectivity index (χ4n) is 0.576. The zero-order chi connectivity index (χ0) is 9.56. The summed E-state index contributed by atoms with van der Waals surface area (Å²) < 4.78 is 22.5. The van der Waals surface area contributed by atoms with Crippen molar-refractivity contribution in [1.82, 2.24) is 0 Å². The van der Waals surface area contributed by atoms with Crippen molar-refractivity contribution in [3.8, 4) is 0 Å². The van der Waals surface area contributed by atoms with E-state index >= 15 is 0 Å². The number of ketones is 1. The Morgan fingerprint density at radius 1 is 1.67 bits per heavy atom. The fraction of sp³-hybridized carbons (Fsp3) is 0.571. The Hall–Kier alpha value is -0.520. The SMILES string of the molecule is C=C(C)C(=O)CCCOS(=O)O. The summed E-state index contributed by atoms with van der Waals surface area (Å²) in [5.74, 6) is -0.0395. The van der Waals surface area contributed by atoms with Crippen molar-refractivity contribution in [3.63, 3.8) is 0 Å². The predicted molar refractivity (Wildman–Crippen MR) is 45.8 cm³/mol. The van der Waals surface area contributed by atoms with Crippen molar-refractivity contribution in [2.24, 2.45) is 0 Å². The van der Waals surface area contributed by atoms with E-state index in [2.05, 4.69) is 10.8 Å². The molecule has 4 nitrogen and oxygen atoms in total. The summed E-state index contributed by atoms with van der Waals surface area (Å²) in [5, 5.41) is 0. The van der Waals surface area contributed by atoms with Crippen LogP contribution in [0.3, 0.4) is 0 Å². The van der Waals surface area contributed by atoms with Crippen molar-refractivity contribution in [2.75, 3.05) is 6.61 Å². The second-order valence-electron chi connectivity index (χ2n) is 2.35. The van der Waals surface area contributed by atoms with Crippen molar-refractivity contribution in [1.29, 1.82) is 0 Å². The molecule has 0 aliphatic carbocycles. The van der Waals surface area contributed by atoms with E-state index in [0.29, 0.717) is 18.4 Å². The van der Waals surface area contributed by atoms with E-state index in [1.54, 1.807) is 6.92 Å². The number of rotatable bonds is 6. The largest absolute Gasteiger partial charge is 0.301 e. The van der Waals surface area contributed by atoms with Gasteiger partial charge in [-0.2, -0.15) is 4.21 Å². The van der Waals surface area contributed by atoms with Crippen LogP contribution in [0, 0.1) is 0 Å². The number of Topliss-reactive ketones (excluding diaryl/α,β-unsaturated/α-hetero) is 1. The molecule has 0 aliphatic rings. The van der Waals surface area contributed by atoms with Gasteiger partial charge in [-0.05, 0) is 18.9 Å². The van der Waals surface area contributed by atoms with Gasteiger partial charge in [-0.3, -0.25) is 13.5 Å². The average molecular weight is 192 g/mol. The molecule has 0 bridgehead atoms.